The van der Waals surface area contributed by atoms with E-state index in [2.05, 4.69) is 10.6 Å². The van der Waals surface area contributed by atoms with Crippen molar-refractivity contribution in [2.45, 2.75) is 26.2 Å². The first-order valence-corrected chi connectivity index (χ1v) is 8.96. The van der Waals surface area contributed by atoms with Gasteiger partial charge >= 0.3 is 0 Å². The molecular weight excluding hydrogens is 361 g/mol. The Morgan fingerprint density at radius 2 is 1.89 bits per heavy atom. The SMILES string of the molecule is Cc1cccc(C)c1NC(=O)CN(C)C(=O)C1CC(=O)Nc2cc(F)ccc21. The van der Waals surface area contributed by atoms with Crippen LogP contribution in [0.3, 0.4) is 0 Å². The zero-order valence-corrected chi connectivity index (χ0v) is 16.0. The van der Waals surface area contributed by atoms with E-state index >= 15 is 0 Å². The minimum absolute atomic E-state index is 0.0413. The summed E-state index contributed by atoms with van der Waals surface area (Å²) in [6, 6.07) is 9.65. The Balaban J connectivity index is 1.73. The largest absolute Gasteiger partial charge is 0.336 e. The molecule has 1 unspecified atom stereocenters. The summed E-state index contributed by atoms with van der Waals surface area (Å²) in [6.07, 6.45) is -0.0413. The maximum Gasteiger partial charge on any atom is 0.243 e. The number of aryl methyl sites for hydroxylation is 2. The van der Waals surface area contributed by atoms with Crippen molar-refractivity contribution in [3.63, 3.8) is 0 Å². The normalized spacial score (nSPS) is 15.4. The third kappa shape index (κ3) is 4.03. The van der Waals surface area contributed by atoms with Gasteiger partial charge in [-0.2, -0.15) is 0 Å². The minimum Gasteiger partial charge on any atom is -0.336 e. The highest BCUT2D eigenvalue weighted by molar-refractivity contribution is 6.02. The minimum atomic E-state index is -0.748. The molecule has 0 aliphatic carbocycles. The third-order valence-corrected chi connectivity index (χ3v) is 4.86. The number of fused-ring (bicyclic) bond motifs is 1. The molecule has 1 atom stereocenters. The van der Waals surface area contributed by atoms with E-state index in [1.54, 1.807) is 0 Å². The van der Waals surface area contributed by atoms with E-state index in [1.807, 2.05) is 32.0 Å². The predicted molar refractivity (Wildman–Crippen MR) is 105 cm³/mol. The topological polar surface area (TPSA) is 78.5 Å². The van der Waals surface area contributed by atoms with Gasteiger partial charge in [-0.15, -0.1) is 0 Å². The first-order valence-electron chi connectivity index (χ1n) is 8.96. The van der Waals surface area contributed by atoms with Crippen molar-refractivity contribution < 1.29 is 18.8 Å². The van der Waals surface area contributed by atoms with Crippen LogP contribution in [0.2, 0.25) is 0 Å². The van der Waals surface area contributed by atoms with E-state index in [1.165, 1.54) is 30.1 Å². The van der Waals surface area contributed by atoms with Gasteiger partial charge in [0.1, 0.15) is 5.82 Å². The van der Waals surface area contributed by atoms with Gasteiger partial charge in [0.15, 0.2) is 0 Å². The Labute approximate surface area is 162 Å². The number of rotatable bonds is 4. The van der Waals surface area contributed by atoms with Gasteiger partial charge in [-0.05, 0) is 42.7 Å². The van der Waals surface area contributed by atoms with Crippen LogP contribution in [-0.2, 0) is 14.4 Å². The van der Waals surface area contributed by atoms with E-state index in [9.17, 15) is 18.8 Å². The predicted octanol–water partition coefficient (Wildman–Crippen LogP) is 2.97. The Kier molecular flexibility index (Phi) is 5.44. The van der Waals surface area contributed by atoms with Crippen molar-refractivity contribution in [2.75, 3.05) is 24.2 Å². The lowest BCUT2D eigenvalue weighted by atomic mass is 9.89. The van der Waals surface area contributed by atoms with E-state index in [4.69, 9.17) is 0 Å². The fourth-order valence-corrected chi connectivity index (χ4v) is 3.41. The summed E-state index contributed by atoms with van der Waals surface area (Å²) in [4.78, 5) is 38.5. The summed E-state index contributed by atoms with van der Waals surface area (Å²) in [6.45, 7) is 3.64. The number of amides is 3. The number of hydrogen-bond acceptors (Lipinski definition) is 3. The first kappa shape index (κ1) is 19.5. The number of anilines is 2. The maximum atomic E-state index is 13.5. The van der Waals surface area contributed by atoms with Gasteiger partial charge in [-0.1, -0.05) is 24.3 Å². The molecule has 1 heterocycles. The zero-order chi connectivity index (χ0) is 20.4. The quantitative estimate of drug-likeness (QED) is 0.852. The molecule has 2 aromatic carbocycles. The van der Waals surface area contributed by atoms with Crippen LogP contribution in [-0.4, -0.2) is 36.2 Å². The van der Waals surface area contributed by atoms with Crippen molar-refractivity contribution in [2.24, 2.45) is 0 Å². The number of hydrogen-bond donors (Lipinski definition) is 2. The molecule has 1 aliphatic heterocycles. The molecule has 0 bridgehead atoms. The summed E-state index contributed by atoms with van der Waals surface area (Å²) in [7, 11) is 1.52. The van der Waals surface area contributed by atoms with E-state index in [0.29, 0.717) is 11.3 Å². The van der Waals surface area contributed by atoms with Gasteiger partial charge in [0, 0.05) is 24.8 Å². The number of para-hydroxylation sites is 1. The van der Waals surface area contributed by atoms with Crippen molar-refractivity contribution >= 4 is 29.1 Å². The van der Waals surface area contributed by atoms with Gasteiger partial charge in [-0.3, -0.25) is 14.4 Å². The first-order chi connectivity index (χ1) is 13.3. The fraction of sp³-hybridized carbons (Fsp3) is 0.286. The van der Waals surface area contributed by atoms with Crippen LogP contribution in [0, 0.1) is 19.7 Å². The number of halogens is 1. The van der Waals surface area contributed by atoms with E-state index < -0.39 is 11.7 Å². The number of likely N-dealkylation sites (N-methyl/N-ethyl adjacent to an activating group) is 1. The number of carbonyl (C=O) groups excluding carboxylic acids is 3. The molecule has 28 heavy (non-hydrogen) atoms. The lowest BCUT2D eigenvalue weighted by Gasteiger charge is -2.28. The van der Waals surface area contributed by atoms with Crippen LogP contribution in [0.25, 0.3) is 0 Å². The number of benzene rings is 2. The summed E-state index contributed by atoms with van der Waals surface area (Å²) < 4.78 is 13.5. The van der Waals surface area contributed by atoms with Gasteiger partial charge in [0.05, 0.1) is 12.5 Å². The molecule has 6 nitrogen and oxygen atoms in total. The van der Waals surface area contributed by atoms with Crippen LogP contribution >= 0.6 is 0 Å². The van der Waals surface area contributed by atoms with Gasteiger partial charge in [-0.25, -0.2) is 4.39 Å². The second-order valence-corrected chi connectivity index (χ2v) is 7.05. The zero-order valence-electron chi connectivity index (χ0n) is 16.0. The molecule has 0 aromatic heterocycles. The van der Waals surface area contributed by atoms with Crippen LogP contribution in [0.5, 0.6) is 0 Å². The average molecular weight is 383 g/mol. The van der Waals surface area contributed by atoms with Crippen LogP contribution in [0.1, 0.15) is 29.0 Å². The Morgan fingerprint density at radius 1 is 1.21 bits per heavy atom. The highest BCUT2D eigenvalue weighted by Crippen LogP contribution is 2.33. The van der Waals surface area contributed by atoms with Crippen molar-refractivity contribution in [1.82, 2.24) is 4.90 Å². The molecule has 3 rings (SSSR count). The summed E-state index contributed by atoms with van der Waals surface area (Å²) in [5.41, 5.74) is 3.44. The summed E-state index contributed by atoms with van der Waals surface area (Å²) >= 11 is 0. The van der Waals surface area contributed by atoms with Gasteiger partial charge < -0.3 is 15.5 Å². The lowest BCUT2D eigenvalue weighted by molar-refractivity contribution is -0.136. The lowest BCUT2D eigenvalue weighted by Crippen LogP contribution is -2.40. The second-order valence-electron chi connectivity index (χ2n) is 7.05. The molecule has 0 fully saturated rings. The molecule has 1 aliphatic rings. The molecule has 0 radical (unpaired) electrons. The second kappa shape index (κ2) is 7.80. The van der Waals surface area contributed by atoms with Gasteiger partial charge in [0.2, 0.25) is 17.7 Å². The molecule has 0 spiro atoms. The Hall–Kier alpha value is -3.22. The molecule has 2 N–H and O–H groups in total. The average Bonchev–Trinajstić information content (AvgIpc) is 2.63. The van der Waals surface area contributed by atoms with E-state index in [0.717, 1.165) is 16.8 Å². The molecule has 2 aromatic rings. The van der Waals surface area contributed by atoms with Crippen molar-refractivity contribution in [3.8, 4) is 0 Å². The number of nitrogens with one attached hydrogen (secondary N) is 2. The van der Waals surface area contributed by atoms with Crippen LogP contribution in [0.15, 0.2) is 36.4 Å². The molecule has 0 saturated carbocycles. The highest BCUT2D eigenvalue weighted by Gasteiger charge is 2.33. The summed E-state index contributed by atoms with van der Waals surface area (Å²) in [5, 5.41) is 5.42. The summed E-state index contributed by atoms with van der Waals surface area (Å²) in [5.74, 6) is -2.28. The molecule has 3 amide bonds. The highest BCUT2D eigenvalue weighted by atomic mass is 19.1. The maximum absolute atomic E-state index is 13.5. The van der Waals surface area contributed by atoms with E-state index in [-0.39, 0.29) is 30.7 Å². The fourth-order valence-electron chi connectivity index (χ4n) is 3.41. The van der Waals surface area contributed by atoms with Crippen molar-refractivity contribution in [1.29, 1.82) is 0 Å². The molecule has 0 saturated heterocycles. The smallest absolute Gasteiger partial charge is 0.243 e. The standard InChI is InChI=1S/C21H22FN3O3/c1-12-5-4-6-13(2)20(12)24-19(27)11-25(3)21(28)16-10-18(26)23-17-9-14(22)7-8-15(16)17/h4-9,16H,10-11H2,1-3H3,(H,23,26)(H,24,27). The van der Waals surface area contributed by atoms with Crippen LogP contribution < -0.4 is 10.6 Å². The molecule has 7 heteroatoms. The Bertz CT molecular complexity index is 938. The number of nitrogens with zero attached hydrogens (tertiary/aromatic N) is 1. The molecule has 146 valence electrons. The third-order valence-electron chi connectivity index (χ3n) is 4.86. The van der Waals surface area contributed by atoms with Crippen LogP contribution in [0.4, 0.5) is 15.8 Å². The van der Waals surface area contributed by atoms with Gasteiger partial charge in [0.25, 0.3) is 0 Å². The molecular formula is C21H22FN3O3. The number of carbonyl (C=O) groups is 3. The monoisotopic (exact) mass is 383 g/mol. The Morgan fingerprint density at radius 3 is 2.57 bits per heavy atom. The van der Waals surface area contributed by atoms with Crippen molar-refractivity contribution in [3.05, 3.63) is 58.9 Å².